The fourth-order valence-electron chi connectivity index (χ4n) is 1.77. The summed E-state index contributed by atoms with van der Waals surface area (Å²) in [7, 11) is 0. The highest BCUT2D eigenvalue weighted by Crippen LogP contribution is 2.28. The summed E-state index contributed by atoms with van der Waals surface area (Å²) in [6.07, 6.45) is 2.61. The summed E-state index contributed by atoms with van der Waals surface area (Å²) >= 11 is 0. The minimum atomic E-state index is -0.633. The van der Waals surface area contributed by atoms with Gasteiger partial charge in [-0.05, 0) is 12.8 Å². The zero-order valence-electron chi connectivity index (χ0n) is 7.86. The van der Waals surface area contributed by atoms with Crippen LogP contribution in [0.25, 0.3) is 0 Å². The summed E-state index contributed by atoms with van der Waals surface area (Å²) in [5.74, 6) is -0.590. The Morgan fingerprint density at radius 3 is 2.83 bits per heavy atom. The molecule has 2 atom stereocenters. The normalized spacial score (nSPS) is 30.8. The van der Waals surface area contributed by atoms with Crippen LogP contribution < -0.4 is 0 Å². The highest BCUT2D eigenvalue weighted by molar-refractivity contribution is 5.54. The standard InChI is InChI=1S/C8H13NO3/c10-6-8-4-2-1-3-7(8)5-9(11)12/h6-8H,1-5H2/t7-,8+/m0/s1/i6D. The van der Waals surface area contributed by atoms with Crippen molar-refractivity contribution < 1.29 is 11.1 Å². The number of carbonyl (C=O) groups is 1. The molecule has 0 saturated heterocycles. The van der Waals surface area contributed by atoms with Crippen molar-refractivity contribution in [2.24, 2.45) is 11.8 Å². The van der Waals surface area contributed by atoms with Gasteiger partial charge in [0.15, 0.2) is 0 Å². The number of rotatable bonds is 3. The molecule has 0 aromatic heterocycles. The van der Waals surface area contributed by atoms with E-state index in [1.807, 2.05) is 0 Å². The fourth-order valence-corrected chi connectivity index (χ4v) is 1.77. The van der Waals surface area contributed by atoms with E-state index in [2.05, 4.69) is 0 Å². The molecule has 1 aliphatic carbocycles. The second-order valence-corrected chi connectivity index (χ2v) is 3.28. The van der Waals surface area contributed by atoms with Gasteiger partial charge in [0.05, 0.1) is 0 Å². The van der Waals surface area contributed by atoms with Gasteiger partial charge >= 0.3 is 0 Å². The second-order valence-electron chi connectivity index (χ2n) is 3.28. The van der Waals surface area contributed by atoms with Crippen LogP contribution in [0.1, 0.15) is 27.1 Å². The zero-order valence-corrected chi connectivity index (χ0v) is 6.86. The van der Waals surface area contributed by atoms with Gasteiger partial charge in [-0.15, -0.1) is 0 Å². The number of hydrogen-bond donors (Lipinski definition) is 0. The van der Waals surface area contributed by atoms with E-state index in [1.54, 1.807) is 0 Å². The summed E-state index contributed by atoms with van der Waals surface area (Å²) in [5, 5.41) is 10.3. The quantitative estimate of drug-likeness (QED) is 0.366. The monoisotopic (exact) mass is 172 g/mol. The zero-order chi connectivity index (χ0) is 9.84. The molecule has 0 N–H and O–H groups in total. The molecule has 1 aliphatic rings. The Balaban J connectivity index is 2.56. The largest absolute Gasteiger partial charge is 0.303 e. The molecule has 1 fully saturated rings. The van der Waals surface area contributed by atoms with E-state index < -0.39 is 6.26 Å². The third-order valence-electron chi connectivity index (χ3n) is 2.44. The smallest absolute Gasteiger partial charge is 0.207 e. The van der Waals surface area contributed by atoms with Gasteiger partial charge in [0.25, 0.3) is 0 Å². The molecule has 0 unspecified atom stereocenters. The molecule has 0 spiro atoms. The highest BCUT2D eigenvalue weighted by Gasteiger charge is 2.28. The Bertz CT molecular complexity index is 219. The Morgan fingerprint density at radius 2 is 2.25 bits per heavy atom. The Morgan fingerprint density at radius 1 is 1.58 bits per heavy atom. The molecule has 12 heavy (non-hydrogen) atoms. The molecule has 0 heterocycles. The van der Waals surface area contributed by atoms with Gasteiger partial charge in [-0.25, -0.2) is 0 Å². The van der Waals surface area contributed by atoms with Crippen LogP contribution in [0.2, 0.25) is 0 Å². The van der Waals surface area contributed by atoms with Crippen LogP contribution in [0, 0.1) is 22.0 Å². The van der Waals surface area contributed by atoms with E-state index in [0.29, 0.717) is 6.42 Å². The first-order valence-electron chi connectivity index (χ1n) is 4.73. The first-order valence-corrected chi connectivity index (χ1v) is 4.23. The SMILES string of the molecule is [2H]C(=O)[C@H]1CCCC[C@H]1C[N+](=O)[O-]. The van der Waals surface area contributed by atoms with Crippen molar-refractivity contribution in [3.05, 3.63) is 10.1 Å². The maximum atomic E-state index is 10.8. The van der Waals surface area contributed by atoms with Gasteiger partial charge < -0.3 is 4.79 Å². The number of hydrogen-bond acceptors (Lipinski definition) is 3. The van der Waals surface area contributed by atoms with E-state index in [-0.39, 0.29) is 23.3 Å². The number of nitro groups is 1. The van der Waals surface area contributed by atoms with Gasteiger partial charge in [-0.3, -0.25) is 10.1 Å². The average Bonchev–Trinajstić information content (AvgIpc) is 2.03. The van der Waals surface area contributed by atoms with E-state index >= 15 is 0 Å². The molecule has 0 aliphatic heterocycles. The van der Waals surface area contributed by atoms with E-state index in [0.717, 1.165) is 19.3 Å². The first-order chi connectivity index (χ1) is 6.11. The Labute approximate surface area is 72.5 Å². The molecule has 1 saturated carbocycles. The van der Waals surface area contributed by atoms with Gasteiger partial charge in [0.2, 0.25) is 6.54 Å². The van der Waals surface area contributed by atoms with Crippen molar-refractivity contribution in [3.63, 3.8) is 0 Å². The molecule has 0 bridgehead atoms. The lowest BCUT2D eigenvalue weighted by atomic mass is 9.80. The number of nitrogens with zero attached hydrogens (tertiary/aromatic N) is 1. The van der Waals surface area contributed by atoms with Gasteiger partial charge in [-0.2, -0.15) is 0 Å². The lowest BCUT2D eigenvalue weighted by Gasteiger charge is -2.23. The van der Waals surface area contributed by atoms with E-state index in [1.165, 1.54) is 0 Å². The summed E-state index contributed by atoms with van der Waals surface area (Å²) in [6, 6.07) is 0. The molecule has 4 heteroatoms. The van der Waals surface area contributed by atoms with Crippen molar-refractivity contribution in [3.8, 4) is 0 Å². The molecule has 4 nitrogen and oxygen atoms in total. The predicted molar refractivity (Wildman–Crippen MR) is 43.4 cm³/mol. The second kappa shape index (κ2) is 4.18. The molecule has 0 aromatic carbocycles. The van der Waals surface area contributed by atoms with Gasteiger partial charge in [-0.1, -0.05) is 12.8 Å². The minimum Gasteiger partial charge on any atom is -0.303 e. The lowest BCUT2D eigenvalue weighted by Crippen LogP contribution is -2.27. The highest BCUT2D eigenvalue weighted by atomic mass is 16.6. The number of carbonyl (C=O) groups excluding carboxylic acids is 1. The average molecular weight is 172 g/mol. The predicted octanol–water partition coefficient (Wildman–Crippen LogP) is 1.27. The van der Waals surface area contributed by atoms with Crippen LogP contribution in [-0.2, 0) is 4.79 Å². The Hall–Kier alpha value is -0.930. The molecule has 0 aromatic rings. The summed E-state index contributed by atoms with van der Waals surface area (Å²) in [5.41, 5.74) is 0. The topological polar surface area (TPSA) is 60.2 Å². The Kier molecular flexibility index (Phi) is 2.69. The maximum absolute atomic E-state index is 10.8. The third kappa shape index (κ3) is 2.29. The van der Waals surface area contributed by atoms with Crippen LogP contribution in [0.4, 0.5) is 0 Å². The molecule has 68 valence electrons. The van der Waals surface area contributed by atoms with Crippen LogP contribution >= 0.6 is 0 Å². The van der Waals surface area contributed by atoms with Gasteiger partial charge in [0.1, 0.15) is 7.63 Å². The lowest BCUT2D eigenvalue weighted by molar-refractivity contribution is -0.490. The molecule has 1 rings (SSSR count). The molecular formula is C8H13NO3. The summed E-state index contributed by atoms with van der Waals surface area (Å²) in [4.78, 5) is 20.7. The third-order valence-corrected chi connectivity index (χ3v) is 2.44. The van der Waals surface area contributed by atoms with Crippen molar-refractivity contribution in [2.45, 2.75) is 25.7 Å². The first kappa shape index (κ1) is 7.71. The van der Waals surface area contributed by atoms with E-state index in [4.69, 9.17) is 1.37 Å². The van der Waals surface area contributed by atoms with Crippen molar-refractivity contribution in [2.75, 3.05) is 6.54 Å². The van der Waals surface area contributed by atoms with Crippen LogP contribution in [0.5, 0.6) is 0 Å². The van der Waals surface area contributed by atoms with Crippen molar-refractivity contribution in [1.82, 2.24) is 0 Å². The summed E-state index contributed by atoms with van der Waals surface area (Å²) in [6.45, 7) is -0.157. The molecule has 0 radical (unpaired) electrons. The van der Waals surface area contributed by atoms with E-state index in [9.17, 15) is 14.9 Å². The fraction of sp³-hybridized carbons (Fsp3) is 0.875. The van der Waals surface area contributed by atoms with Crippen LogP contribution in [0.3, 0.4) is 0 Å². The maximum Gasteiger partial charge on any atom is 0.207 e. The molecular weight excluding hydrogens is 158 g/mol. The van der Waals surface area contributed by atoms with Crippen molar-refractivity contribution in [1.29, 1.82) is 0 Å². The minimum absolute atomic E-state index is 0.157. The van der Waals surface area contributed by atoms with Crippen LogP contribution in [-0.4, -0.2) is 17.7 Å². The summed E-state index contributed by atoms with van der Waals surface area (Å²) < 4.78 is 6.99. The number of aldehydes is 1. The van der Waals surface area contributed by atoms with Crippen molar-refractivity contribution >= 4 is 6.26 Å². The molecule has 0 amide bonds. The van der Waals surface area contributed by atoms with Crippen LogP contribution in [0.15, 0.2) is 0 Å². The van der Waals surface area contributed by atoms with Gasteiger partial charge in [0, 0.05) is 16.8 Å².